The maximum atomic E-state index is 12.3. The Morgan fingerprint density at radius 2 is 2.16 bits per heavy atom. The Hall–Kier alpha value is -0.630. The Kier molecular flexibility index (Phi) is 4.20. The molecule has 1 fully saturated rings. The first-order valence-corrected chi connectivity index (χ1v) is 8.11. The molecular formula is C11H11BrClNO4S. The minimum atomic E-state index is -3.66. The zero-order valence-corrected chi connectivity index (χ0v) is 12.9. The van der Waals surface area contributed by atoms with E-state index in [1.54, 1.807) is 0 Å². The van der Waals surface area contributed by atoms with Gasteiger partial charge in [-0.2, -0.15) is 4.31 Å². The third-order valence-electron chi connectivity index (χ3n) is 3.03. The molecule has 8 heteroatoms. The summed E-state index contributed by atoms with van der Waals surface area (Å²) in [6.45, 7) is 0.234. The average Bonchev–Trinajstić information content (AvgIpc) is 2.82. The monoisotopic (exact) mass is 367 g/mol. The summed E-state index contributed by atoms with van der Waals surface area (Å²) < 4.78 is 26.4. The van der Waals surface area contributed by atoms with Crippen LogP contribution in [-0.2, 0) is 14.8 Å². The van der Waals surface area contributed by atoms with Crippen molar-refractivity contribution in [2.24, 2.45) is 5.92 Å². The Morgan fingerprint density at radius 3 is 2.68 bits per heavy atom. The molecule has 0 spiro atoms. The Balaban J connectivity index is 2.28. The van der Waals surface area contributed by atoms with Gasteiger partial charge in [-0.25, -0.2) is 8.42 Å². The molecule has 1 heterocycles. The van der Waals surface area contributed by atoms with Gasteiger partial charge >= 0.3 is 5.97 Å². The number of benzene rings is 1. The van der Waals surface area contributed by atoms with Crippen LogP contribution in [0, 0.1) is 5.92 Å². The molecule has 0 bridgehead atoms. The normalized spacial score (nSPS) is 20.6. The number of hydrogen-bond acceptors (Lipinski definition) is 3. The molecule has 1 atom stereocenters. The van der Waals surface area contributed by atoms with Crippen molar-refractivity contribution < 1.29 is 18.3 Å². The topological polar surface area (TPSA) is 74.7 Å². The molecule has 0 amide bonds. The first kappa shape index (κ1) is 14.8. The summed E-state index contributed by atoms with van der Waals surface area (Å²) in [5.41, 5.74) is 0. The predicted octanol–water partition coefficient (Wildman–Crippen LogP) is 2.20. The van der Waals surface area contributed by atoms with Crippen molar-refractivity contribution in [3.8, 4) is 0 Å². The van der Waals surface area contributed by atoms with E-state index in [4.69, 9.17) is 16.7 Å². The van der Waals surface area contributed by atoms with E-state index in [1.165, 1.54) is 22.5 Å². The molecule has 1 saturated heterocycles. The van der Waals surface area contributed by atoms with Gasteiger partial charge in [0.05, 0.1) is 15.8 Å². The molecule has 1 aromatic carbocycles. The van der Waals surface area contributed by atoms with Crippen molar-refractivity contribution in [1.82, 2.24) is 4.31 Å². The van der Waals surface area contributed by atoms with Crippen LogP contribution in [0.3, 0.4) is 0 Å². The zero-order valence-electron chi connectivity index (χ0n) is 9.71. The van der Waals surface area contributed by atoms with Crippen LogP contribution in [0.4, 0.5) is 0 Å². The van der Waals surface area contributed by atoms with E-state index in [1.807, 2.05) is 0 Å². The van der Waals surface area contributed by atoms with Crippen LogP contribution in [0.15, 0.2) is 27.6 Å². The summed E-state index contributed by atoms with van der Waals surface area (Å²) in [5, 5.41) is 9.32. The SMILES string of the molecule is O=C(O)C1CCN(S(=O)(=O)c2ccc(Cl)c(Br)c2)C1. The number of nitrogens with zero attached hydrogens (tertiary/aromatic N) is 1. The highest BCUT2D eigenvalue weighted by Gasteiger charge is 2.35. The van der Waals surface area contributed by atoms with Gasteiger partial charge in [-0.05, 0) is 40.5 Å². The molecule has 1 aliphatic rings. The smallest absolute Gasteiger partial charge is 0.307 e. The first-order chi connectivity index (χ1) is 8.82. The van der Waals surface area contributed by atoms with E-state index in [0.717, 1.165) is 0 Å². The molecule has 19 heavy (non-hydrogen) atoms. The maximum Gasteiger partial charge on any atom is 0.307 e. The number of sulfonamides is 1. The van der Waals surface area contributed by atoms with Crippen LogP contribution < -0.4 is 0 Å². The number of carboxylic acids is 1. The lowest BCUT2D eigenvalue weighted by molar-refractivity contribution is -0.141. The van der Waals surface area contributed by atoms with E-state index < -0.39 is 21.9 Å². The molecule has 1 aliphatic heterocycles. The summed E-state index contributed by atoms with van der Waals surface area (Å²) in [7, 11) is -3.66. The fourth-order valence-corrected chi connectivity index (χ4v) is 4.11. The number of hydrogen-bond donors (Lipinski definition) is 1. The molecular weight excluding hydrogens is 358 g/mol. The molecule has 1 aromatic rings. The van der Waals surface area contributed by atoms with Gasteiger partial charge in [-0.15, -0.1) is 0 Å². The summed E-state index contributed by atoms with van der Waals surface area (Å²) in [5.74, 6) is -1.60. The van der Waals surface area contributed by atoms with E-state index in [-0.39, 0.29) is 18.0 Å². The van der Waals surface area contributed by atoms with Gasteiger partial charge in [0.1, 0.15) is 0 Å². The van der Waals surface area contributed by atoms with Gasteiger partial charge in [0.2, 0.25) is 10.0 Å². The van der Waals surface area contributed by atoms with Gasteiger partial charge in [0.15, 0.2) is 0 Å². The lowest BCUT2D eigenvalue weighted by Gasteiger charge is -2.16. The molecule has 1 N–H and O–H groups in total. The second-order valence-corrected chi connectivity index (χ2v) is 7.46. The standard InChI is InChI=1S/C11H11BrClNO4S/c12-9-5-8(1-2-10(9)13)19(17,18)14-4-3-7(6-14)11(15)16/h1-2,5,7H,3-4,6H2,(H,15,16). The van der Waals surface area contributed by atoms with Crippen LogP contribution in [0.1, 0.15) is 6.42 Å². The van der Waals surface area contributed by atoms with Crippen LogP contribution >= 0.6 is 27.5 Å². The van der Waals surface area contributed by atoms with Gasteiger partial charge < -0.3 is 5.11 Å². The average molecular weight is 369 g/mol. The molecule has 104 valence electrons. The van der Waals surface area contributed by atoms with E-state index >= 15 is 0 Å². The largest absolute Gasteiger partial charge is 0.481 e. The van der Waals surface area contributed by atoms with Crippen LogP contribution in [0.25, 0.3) is 0 Å². The van der Waals surface area contributed by atoms with E-state index in [9.17, 15) is 13.2 Å². The zero-order chi connectivity index (χ0) is 14.2. The Morgan fingerprint density at radius 1 is 1.47 bits per heavy atom. The van der Waals surface area contributed by atoms with Crippen molar-refractivity contribution in [3.05, 3.63) is 27.7 Å². The number of carbonyl (C=O) groups is 1. The highest BCUT2D eigenvalue weighted by atomic mass is 79.9. The van der Waals surface area contributed by atoms with Crippen molar-refractivity contribution in [2.45, 2.75) is 11.3 Å². The predicted molar refractivity (Wildman–Crippen MR) is 73.7 cm³/mol. The van der Waals surface area contributed by atoms with Gasteiger partial charge in [0.25, 0.3) is 0 Å². The molecule has 1 unspecified atom stereocenters. The molecule has 5 nitrogen and oxygen atoms in total. The number of carboxylic acid groups (broad SMARTS) is 1. The van der Waals surface area contributed by atoms with E-state index in [2.05, 4.69) is 15.9 Å². The Labute approximate surface area is 124 Å². The number of rotatable bonds is 3. The van der Waals surface area contributed by atoms with E-state index in [0.29, 0.717) is 15.9 Å². The fraction of sp³-hybridized carbons (Fsp3) is 0.364. The molecule has 0 aromatic heterocycles. The molecule has 0 saturated carbocycles. The first-order valence-electron chi connectivity index (χ1n) is 5.50. The minimum Gasteiger partial charge on any atom is -0.481 e. The van der Waals surface area contributed by atoms with Crippen LogP contribution in [-0.4, -0.2) is 36.9 Å². The quantitative estimate of drug-likeness (QED) is 0.887. The molecule has 2 rings (SSSR count). The molecule has 0 aliphatic carbocycles. The van der Waals surface area contributed by atoms with Gasteiger partial charge in [0, 0.05) is 17.6 Å². The lowest BCUT2D eigenvalue weighted by Crippen LogP contribution is -2.30. The summed E-state index contributed by atoms with van der Waals surface area (Å²) in [6.07, 6.45) is 0.337. The van der Waals surface area contributed by atoms with Crippen molar-refractivity contribution >= 4 is 43.5 Å². The highest BCUT2D eigenvalue weighted by molar-refractivity contribution is 9.10. The van der Waals surface area contributed by atoms with Crippen molar-refractivity contribution in [1.29, 1.82) is 0 Å². The fourth-order valence-electron chi connectivity index (χ4n) is 1.93. The second kappa shape index (κ2) is 5.40. The highest BCUT2D eigenvalue weighted by Crippen LogP contribution is 2.29. The summed E-state index contributed by atoms with van der Waals surface area (Å²) >= 11 is 9.00. The maximum absolute atomic E-state index is 12.3. The Bertz CT molecular complexity index is 619. The summed E-state index contributed by atoms with van der Waals surface area (Å²) in [4.78, 5) is 11.0. The van der Waals surface area contributed by atoms with Gasteiger partial charge in [-0.3, -0.25) is 4.79 Å². The third kappa shape index (κ3) is 2.94. The van der Waals surface area contributed by atoms with Gasteiger partial charge in [-0.1, -0.05) is 11.6 Å². The third-order valence-corrected chi connectivity index (χ3v) is 6.10. The molecule has 0 radical (unpaired) electrons. The minimum absolute atomic E-state index is 0.0118. The lowest BCUT2D eigenvalue weighted by atomic mass is 10.1. The van der Waals surface area contributed by atoms with Crippen molar-refractivity contribution in [3.63, 3.8) is 0 Å². The second-order valence-electron chi connectivity index (χ2n) is 4.26. The number of aliphatic carboxylic acids is 1. The summed E-state index contributed by atoms with van der Waals surface area (Å²) in [6, 6.07) is 4.32. The van der Waals surface area contributed by atoms with Crippen LogP contribution in [0.2, 0.25) is 5.02 Å². The van der Waals surface area contributed by atoms with Crippen molar-refractivity contribution in [2.75, 3.05) is 13.1 Å². The van der Waals surface area contributed by atoms with Crippen LogP contribution in [0.5, 0.6) is 0 Å². The number of halogens is 2.